The lowest BCUT2D eigenvalue weighted by atomic mass is 10.1. The van der Waals surface area contributed by atoms with E-state index in [1.54, 1.807) is 0 Å². The van der Waals surface area contributed by atoms with E-state index in [0.29, 0.717) is 0 Å². The Hall–Kier alpha value is -2.64. The number of esters is 1. The number of hydrogen-bond acceptors (Lipinski definition) is 6. The summed E-state index contributed by atoms with van der Waals surface area (Å²) in [6, 6.07) is 18.7. The monoisotopic (exact) mass is 402 g/mol. The third-order valence-electron chi connectivity index (χ3n) is 4.90. The van der Waals surface area contributed by atoms with Crippen molar-refractivity contribution in [3.63, 3.8) is 0 Å². The molecule has 0 fully saturated rings. The molecule has 2 atom stereocenters. The summed E-state index contributed by atoms with van der Waals surface area (Å²) in [6.45, 7) is 1.86. The molecule has 2 aromatic carbocycles. The predicted octanol–water partition coefficient (Wildman–Crippen LogP) is 2.09. The lowest BCUT2D eigenvalue weighted by molar-refractivity contribution is -0.141. The van der Waals surface area contributed by atoms with E-state index in [4.69, 9.17) is 9.47 Å². The fraction of sp³-hybridized carbons (Fsp3) is 0.333. The normalized spacial score (nSPS) is 13.3. The van der Waals surface area contributed by atoms with Gasteiger partial charge in [0.2, 0.25) is 0 Å². The van der Waals surface area contributed by atoms with Crippen LogP contribution in [0.25, 0.3) is 0 Å². The second-order valence-corrected chi connectivity index (χ2v) is 10.1. The molecule has 0 radical (unpaired) electrons. The average molecular weight is 403 g/mol. The number of carbonyl (C=O) groups is 2. The van der Waals surface area contributed by atoms with Gasteiger partial charge < -0.3 is 19.0 Å². The quantitative estimate of drug-likeness (QED) is 0.538. The minimum Gasteiger partial charge on any atom is -0.469 e. The number of rotatable bonds is 8. The zero-order valence-corrected chi connectivity index (χ0v) is 17.3. The first-order valence-corrected chi connectivity index (χ1v) is 11.1. The summed E-state index contributed by atoms with van der Waals surface area (Å²) < 4.78 is 14.5. The maximum atomic E-state index is 12.2. The van der Waals surface area contributed by atoms with E-state index < -0.39 is 26.0 Å². The van der Waals surface area contributed by atoms with E-state index in [9.17, 15) is 14.4 Å². The van der Waals surface area contributed by atoms with Crippen molar-refractivity contribution < 1.29 is 28.6 Å². The average Bonchev–Trinajstić information content (AvgIpc) is 2.75. The Kier molecular flexibility index (Phi) is 7.77. The van der Waals surface area contributed by atoms with Crippen LogP contribution < -0.4 is 10.4 Å². The molecule has 0 aliphatic heterocycles. The lowest BCUT2D eigenvalue weighted by Gasteiger charge is -2.37. The summed E-state index contributed by atoms with van der Waals surface area (Å²) in [5.74, 6) is -0.733. The summed E-state index contributed by atoms with van der Waals surface area (Å²) in [6.07, 6.45) is -0.789. The van der Waals surface area contributed by atoms with Gasteiger partial charge in [0, 0.05) is 12.0 Å². The van der Waals surface area contributed by atoms with Crippen LogP contribution in [0.2, 0.25) is 5.54 Å². The van der Waals surface area contributed by atoms with Crippen LogP contribution in [0.5, 0.6) is 0 Å². The van der Waals surface area contributed by atoms with Crippen LogP contribution in [-0.4, -0.2) is 46.1 Å². The molecule has 28 heavy (non-hydrogen) atoms. The van der Waals surface area contributed by atoms with Gasteiger partial charge in [-0.2, -0.15) is 0 Å². The Bertz CT molecular complexity index is 725. The molecular weight excluding hydrogens is 376 g/mol. The number of methoxy groups -OCH3 is 2. The van der Waals surface area contributed by atoms with Crippen molar-refractivity contribution in [1.82, 2.24) is 0 Å². The molecule has 0 aliphatic rings. The third-order valence-corrected chi connectivity index (χ3v) is 9.17. The van der Waals surface area contributed by atoms with Crippen LogP contribution in [0.1, 0.15) is 13.3 Å². The fourth-order valence-corrected chi connectivity index (χ4v) is 7.35. The Balaban J connectivity index is 2.51. The zero-order valence-electron chi connectivity index (χ0n) is 16.3. The van der Waals surface area contributed by atoms with Crippen LogP contribution >= 0.6 is 0 Å². The molecule has 0 spiro atoms. The summed E-state index contributed by atoms with van der Waals surface area (Å²) in [5, 5.41) is 1.56. The van der Waals surface area contributed by atoms with Crippen LogP contribution in [0, 0.1) is 5.92 Å². The molecule has 0 unspecified atom stereocenters. The van der Waals surface area contributed by atoms with Gasteiger partial charge in [0.25, 0.3) is 8.32 Å². The van der Waals surface area contributed by atoms with Gasteiger partial charge in [0.15, 0.2) is 0 Å². The van der Waals surface area contributed by atoms with E-state index in [1.807, 2.05) is 67.6 Å². The molecule has 7 heteroatoms. The van der Waals surface area contributed by atoms with Crippen molar-refractivity contribution in [3.8, 4) is 0 Å². The second kappa shape index (κ2) is 10.1. The van der Waals surface area contributed by atoms with Gasteiger partial charge in [-0.1, -0.05) is 67.6 Å². The highest BCUT2D eigenvalue weighted by Crippen LogP contribution is 2.32. The topological polar surface area (TPSA) is 82.1 Å². The number of ether oxygens (including phenoxy) is 3. The highest BCUT2D eigenvalue weighted by Gasteiger charge is 2.47. The summed E-state index contributed by atoms with van der Waals surface area (Å²) in [4.78, 5) is 35.7. The van der Waals surface area contributed by atoms with E-state index in [2.05, 4.69) is 4.74 Å². The minimum atomic E-state index is -3.39. The summed E-state index contributed by atoms with van der Waals surface area (Å²) >= 11 is 0. The smallest absolute Gasteiger partial charge is 0.469 e. The van der Waals surface area contributed by atoms with E-state index in [0.717, 1.165) is 10.4 Å². The van der Waals surface area contributed by atoms with E-state index in [1.165, 1.54) is 14.2 Å². The molecule has 2 aromatic rings. The molecule has 0 heterocycles. The number of hydrogen-bond donors (Lipinski definition) is 1. The summed E-state index contributed by atoms with van der Waals surface area (Å²) in [5.41, 5.74) is -0.477. The first-order valence-electron chi connectivity index (χ1n) is 9.04. The molecule has 0 bridgehead atoms. The molecule has 0 amide bonds. The second-order valence-electron chi connectivity index (χ2n) is 6.63. The van der Waals surface area contributed by atoms with Crippen molar-refractivity contribution in [3.05, 3.63) is 60.7 Å². The van der Waals surface area contributed by atoms with Gasteiger partial charge in [0.1, 0.15) is 0 Å². The molecule has 0 saturated heterocycles. The maximum Gasteiger partial charge on any atom is 0.507 e. The fourth-order valence-electron chi connectivity index (χ4n) is 3.38. The SMILES string of the molecule is COC(=O)C[C@@H]([C@H](C)COC(=O)OC)[Si](O)(c1ccccc1)c1ccccc1. The molecule has 6 nitrogen and oxygen atoms in total. The molecule has 2 rings (SSSR count). The van der Waals surface area contributed by atoms with Gasteiger partial charge in [-0.05, 0) is 16.3 Å². The van der Waals surface area contributed by atoms with E-state index in [-0.39, 0.29) is 18.9 Å². The molecule has 0 saturated carbocycles. The molecule has 0 aliphatic carbocycles. The molecule has 150 valence electrons. The van der Waals surface area contributed by atoms with E-state index >= 15 is 0 Å². The van der Waals surface area contributed by atoms with Gasteiger partial charge in [0.05, 0.1) is 20.8 Å². The van der Waals surface area contributed by atoms with Crippen molar-refractivity contribution in [2.75, 3.05) is 20.8 Å². The van der Waals surface area contributed by atoms with Crippen LogP contribution in [0.3, 0.4) is 0 Å². The minimum absolute atomic E-state index is 0.00864. The Morgan fingerprint density at radius 1 is 0.929 bits per heavy atom. The van der Waals surface area contributed by atoms with Gasteiger partial charge in [-0.3, -0.25) is 4.79 Å². The van der Waals surface area contributed by atoms with Crippen molar-refractivity contribution in [2.24, 2.45) is 5.92 Å². The van der Waals surface area contributed by atoms with Crippen LogP contribution in [-0.2, 0) is 19.0 Å². The van der Waals surface area contributed by atoms with Gasteiger partial charge in [-0.15, -0.1) is 0 Å². The van der Waals surface area contributed by atoms with Crippen molar-refractivity contribution >= 4 is 30.8 Å². The highest BCUT2D eigenvalue weighted by molar-refractivity contribution is 6.97. The standard InChI is InChI=1S/C21H26O6Si/c1-16(15-27-21(23)26-3)19(14-20(22)25-2)28(24,17-10-6-4-7-11-17)18-12-8-5-9-13-18/h4-13,16,19,24H,14-15H2,1-3H3/t16-,19+/m1/s1. The van der Waals surface area contributed by atoms with Crippen LogP contribution in [0.15, 0.2) is 60.7 Å². The molecule has 0 aromatic heterocycles. The van der Waals surface area contributed by atoms with Crippen LogP contribution in [0.4, 0.5) is 4.79 Å². The highest BCUT2D eigenvalue weighted by atomic mass is 28.4. The first kappa shape index (κ1) is 21.7. The number of carbonyl (C=O) groups excluding carboxylic acids is 2. The van der Waals surface area contributed by atoms with Crippen molar-refractivity contribution in [1.29, 1.82) is 0 Å². The largest absolute Gasteiger partial charge is 0.507 e. The number of benzene rings is 2. The first-order chi connectivity index (χ1) is 13.4. The molecular formula is C21H26O6Si. The molecule has 1 N–H and O–H groups in total. The Labute approximate surface area is 166 Å². The summed E-state index contributed by atoms with van der Waals surface area (Å²) in [7, 11) is -0.834. The van der Waals surface area contributed by atoms with Crippen molar-refractivity contribution in [2.45, 2.75) is 18.9 Å². The Morgan fingerprint density at radius 2 is 1.43 bits per heavy atom. The predicted molar refractivity (Wildman–Crippen MR) is 108 cm³/mol. The van der Waals surface area contributed by atoms with Gasteiger partial charge >= 0.3 is 12.1 Å². The third kappa shape index (κ3) is 4.99. The zero-order chi connectivity index (χ0) is 20.6. The maximum absolute atomic E-state index is 12.2. The Morgan fingerprint density at radius 3 is 1.86 bits per heavy atom. The lowest BCUT2D eigenvalue weighted by Crippen LogP contribution is -2.63. The van der Waals surface area contributed by atoms with Gasteiger partial charge in [-0.25, -0.2) is 4.79 Å².